The molecule has 2 rings (SSSR count). The molecular formula is C13H13N5. The molecule has 0 saturated carbocycles. The molecule has 0 bridgehead atoms. The Bertz CT molecular complexity index is 534. The van der Waals surface area contributed by atoms with Crippen LogP contribution in [-0.4, -0.2) is 22.1 Å². The smallest absolute Gasteiger partial charge is 0.156 e. The van der Waals surface area contributed by atoms with Crippen molar-refractivity contribution in [3.05, 3.63) is 60.2 Å². The van der Waals surface area contributed by atoms with Gasteiger partial charge in [-0.05, 0) is 29.8 Å². The standard InChI is InChI=1S/C13H13N5/c14-10-18-13(12-3-7-16-8-4-12)17-9-11-1-5-15-6-2-11/h1-8,10H,9H2,(H2,14,17,18). The molecule has 2 aromatic heterocycles. The number of pyridine rings is 2. The van der Waals surface area contributed by atoms with Gasteiger partial charge in [0.05, 0.1) is 12.9 Å². The lowest BCUT2D eigenvalue weighted by atomic mass is 10.2. The van der Waals surface area contributed by atoms with E-state index in [1.54, 1.807) is 24.8 Å². The molecule has 0 aliphatic heterocycles. The summed E-state index contributed by atoms with van der Waals surface area (Å²) in [4.78, 5) is 16.4. The van der Waals surface area contributed by atoms with Crippen molar-refractivity contribution in [1.29, 1.82) is 0 Å². The molecule has 5 heteroatoms. The molecule has 0 saturated heterocycles. The molecule has 2 N–H and O–H groups in total. The van der Waals surface area contributed by atoms with E-state index in [0.29, 0.717) is 12.4 Å². The van der Waals surface area contributed by atoms with Gasteiger partial charge in [-0.3, -0.25) is 15.0 Å². The summed E-state index contributed by atoms with van der Waals surface area (Å²) < 4.78 is 0. The Morgan fingerprint density at radius 3 is 2.28 bits per heavy atom. The van der Waals surface area contributed by atoms with Crippen LogP contribution < -0.4 is 5.73 Å². The topological polar surface area (TPSA) is 76.5 Å². The van der Waals surface area contributed by atoms with E-state index in [-0.39, 0.29) is 0 Å². The van der Waals surface area contributed by atoms with Gasteiger partial charge in [0.25, 0.3) is 0 Å². The lowest BCUT2D eigenvalue weighted by Crippen LogP contribution is -2.02. The van der Waals surface area contributed by atoms with Crippen LogP contribution in [0.15, 0.2) is 59.0 Å². The number of hydrogen-bond acceptors (Lipinski definition) is 3. The number of rotatable bonds is 3. The number of aromatic nitrogens is 2. The first kappa shape index (κ1) is 11.9. The van der Waals surface area contributed by atoms with Crippen LogP contribution in [0.5, 0.6) is 0 Å². The number of hydrogen-bond donors (Lipinski definition) is 1. The number of nitrogens with two attached hydrogens (primary N) is 1. The Morgan fingerprint density at radius 1 is 1.06 bits per heavy atom. The van der Waals surface area contributed by atoms with Crippen LogP contribution in [0.2, 0.25) is 0 Å². The van der Waals surface area contributed by atoms with Gasteiger partial charge in [-0.25, -0.2) is 4.99 Å². The van der Waals surface area contributed by atoms with Gasteiger partial charge in [0.15, 0.2) is 5.84 Å². The van der Waals surface area contributed by atoms with Crippen molar-refractivity contribution >= 4 is 12.2 Å². The normalized spacial score (nSPS) is 11.9. The van der Waals surface area contributed by atoms with Crippen molar-refractivity contribution in [3.63, 3.8) is 0 Å². The second kappa shape index (κ2) is 6.24. The summed E-state index contributed by atoms with van der Waals surface area (Å²) in [7, 11) is 0. The van der Waals surface area contributed by atoms with Crippen LogP contribution >= 0.6 is 0 Å². The third-order valence-electron chi connectivity index (χ3n) is 2.30. The maximum atomic E-state index is 5.34. The summed E-state index contributed by atoms with van der Waals surface area (Å²) in [5.74, 6) is 0.594. The van der Waals surface area contributed by atoms with Crippen LogP contribution in [0.25, 0.3) is 0 Å². The Hall–Kier alpha value is -2.56. The highest BCUT2D eigenvalue weighted by Gasteiger charge is 2.00. The summed E-state index contributed by atoms with van der Waals surface area (Å²) >= 11 is 0. The summed E-state index contributed by atoms with van der Waals surface area (Å²) in [6, 6.07) is 7.52. The predicted octanol–water partition coefficient (Wildman–Crippen LogP) is 1.41. The van der Waals surface area contributed by atoms with Gasteiger partial charge < -0.3 is 5.73 Å². The monoisotopic (exact) mass is 239 g/mol. The molecule has 0 radical (unpaired) electrons. The summed E-state index contributed by atoms with van der Waals surface area (Å²) in [5, 5.41) is 0. The zero-order valence-electron chi connectivity index (χ0n) is 9.77. The average Bonchev–Trinajstić information content (AvgIpc) is 2.45. The van der Waals surface area contributed by atoms with Crippen LogP contribution in [0, 0.1) is 0 Å². The van der Waals surface area contributed by atoms with Gasteiger partial charge >= 0.3 is 0 Å². The highest BCUT2D eigenvalue weighted by Crippen LogP contribution is 2.04. The number of aliphatic imine (C=N–C) groups is 2. The van der Waals surface area contributed by atoms with E-state index in [4.69, 9.17) is 5.73 Å². The summed E-state index contributed by atoms with van der Waals surface area (Å²) in [6.45, 7) is 0.539. The highest BCUT2D eigenvalue weighted by atomic mass is 14.9. The molecule has 0 spiro atoms. The van der Waals surface area contributed by atoms with Crippen LogP contribution in [-0.2, 0) is 6.54 Å². The first-order chi connectivity index (χ1) is 8.90. The van der Waals surface area contributed by atoms with Gasteiger partial charge in [-0.2, -0.15) is 0 Å². The molecular weight excluding hydrogens is 226 g/mol. The van der Waals surface area contributed by atoms with Crippen molar-refractivity contribution in [3.8, 4) is 0 Å². The van der Waals surface area contributed by atoms with Crippen LogP contribution in [0.3, 0.4) is 0 Å². The SMILES string of the molecule is NC=NC(=NCc1ccncc1)c1ccncc1. The Balaban J connectivity index is 2.21. The van der Waals surface area contributed by atoms with Crippen molar-refractivity contribution < 1.29 is 0 Å². The molecule has 90 valence electrons. The minimum absolute atomic E-state index is 0.539. The van der Waals surface area contributed by atoms with E-state index >= 15 is 0 Å². The fraction of sp³-hybridized carbons (Fsp3) is 0.0769. The molecule has 0 aliphatic carbocycles. The van der Waals surface area contributed by atoms with Crippen molar-refractivity contribution in [2.24, 2.45) is 15.7 Å². The van der Waals surface area contributed by atoms with E-state index in [9.17, 15) is 0 Å². The molecule has 2 aromatic rings. The Morgan fingerprint density at radius 2 is 1.67 bits per heavy atom. The second-order valence-electron chi connectivity index (χ2n) is 3.51. The van der Waals surface area contributed by atoms with Gasteiger partial charge in [-0.1, -0.05) is 0 Å². The van der Waals surface area contributed by atoms with Crippen LogP contribution in [0.1, 0.15) is 11.1 Å². The maximum Gasteiger partial charge on any atom is 0.156 e. The van der Waals surface area contributed by atoms with E-state index in [1.165, 1.54) is 6.34 Å². The lowest BCUT2D eigenvalue weighted by Gasteiger charge is -2.01. The summed E-state index contributed by atoms with van der Waals surface area (Å²) in [5.41, 5.74) is 7.30. The Labute approximate surface area is 105 Å². The first-order valence-corrected chi connectivity index (χ1v) is 5.48. The molecule has 0 atom stereocenters. The quantitative estimate of drug-likeness (QED) is 0.650. The third kappa shape index (κ3) is 3.21. The molecule has 2 heterocycles. The fourth-order valence-electron chi connectivity index (χ4n) is 1.43. The minimum atomic E-state index is 0.539. The Kier molecular flexibility index (Phi) is 4.13. The molecule has 5 nitrogen and oxygen atoms in total. The molecule has 0 unspecified atom stereocenters. The molecule has 0 aromatic carbocycles. The molecule has 0 amide bonds. The number of amidine groups is 1. The van der Waals surface area contributed by atoms with E-state index in [0.717, 1.165) is 11.1 Å². The van der Waals surface area contributed by atoms with Gasteiger partial charge in [0.1, 0.15) is 0 Å². The number of nitrogens with zero attached hydrogens (tertiary/aromatic N) is 4. The van der Waals surface area contributed by atoms with Gasteiger partial charge in [0, 0.05) is 30.4 Å². The second-order valence-corrected chi connectivity index (χ2v) is 3.51. The first-order valence-electron chi connectivity index (χ1n) is 5.48. The highest BCUT2D eigenvalue weighted by molar-refractivity contribution is 6.02. The lowest BCUT2D eigenvalue weighted by molar-refractivity contribution is 1.05. The predicted molar refractivity (Wildman–Crippen MR) is 71.4 cm³/mol. The third-order valence-corrected chi connectivity index (χ3v) is 2.30. The molecule has 0 aliphatic rings. The van der Waals surface area contributed by atoms with Crippen molar-refractivity contribution in [2.45, 2.75) is 6.54 Å². The fourth-order valence-corrected chi connectivity index (χ4v) is 1.43. The maximum absolute atomic E-state index is 5.34. The molecule has 0 fully saturated rings. The van der Waals surface area contributed by atoms with Crippen molar-refractivity contribution in [1.82, 2.24) is 9.97 Å². The van der Waals surface area contributed by atoms with Gasteiger partial charge in [0.2, 0.25) is 0 Å². The van der Waals surface area contributed by atoms with Crippen molar-refractivity contribution in [2.75, 3.05) is 0 Å². The van der Waals surface area contributed by atoms with E-state index < -0.39 is 0 Å². The summed E-state index contributed by atoms with van der Waals surface area (Å²) in [6.07, 6.45) is 8.12. The van der Waals surface area contributed by atoms with Gasteiger partial charge in [-0.15, -0.1) is 0 Å². The van der Waals surface area contributed by atoms with E-state index in [2.05, 4.69) is 20.0 Å². The largest absolute Gasteiger partial charge is 0.390 e. The molecule has 18 heavy (non-hydrogen) atoms. The average molecular weight is 239 g/mol. The van der Waals surface area contributed by atoms with E-state index in [1.807, 2.05) is 24.3 Å². The zero-order valence-corrected chi connectivity index (χ0v) is 9.77. The van der Waals surface area contributed by atoms with Crippen LogP contribution in [0.4, 0.5) is 0 Å². The minimum Gasteiger partial charge on any atom is -0.390 e. The zero-order chi connectivity index (χ0) is 12.6.